The smallest absolute Gasteiger partial charge is 0.317 e. The Balaban J connectivity index is 1.87. The fourth-order valence-corrected chi connectivity index (χ4v) is 2.36. The zero-order valence-electron chi connectivity index (χ0n) is 10.3. The van der Waals surface area contributed by atoms with Gasteiger partial charge in [0.1, 0.15) is 6.61 Å². The highest BCUT2D eigenvalue weighted by atomic mass is 32.1. The van der Waals surface area contributed by atoms with Gasteiger partial charge in [-0.15, -0.1) is 11.3 Å². The quantitative estimate of drug-likeness (QED) is 0.811. The first-order valence-electron chi connectivity index (χ1n) is 5.88. The van der Waals surface area contributed by atoms with Crippen molar-refractivity contribution in [2.24, 2.45) is 0 Å². The van der Waals surface area contributed by atoms with E-state index in [-0.39, 0.29) is 12.6 Å². The Labute approximate surface area is 111 Å². The van der Waals surface area contributed by atoms with Crippen LogP contribution in [-0.2, 0) is 6.54 Å². The molecule has 0 unspecified atom stereocenters. The number of rotatable bonds is 3. The summed E-state index contributed by atoms with van der Waals surface area (Å²) in [6, 6.07) is 2.32. The highest BCUT2D eigenvalue weighted by Gasteiger charge is 2.24. The predicted octanol–water partition coefficient (Wildman–Crippen LogP) is 1.40. The molecule has 0 aromatic carbocycles. The first kappa shape index (κ1) is 12.9. The molecule has 1 heterocycles. The van der Waals surface area contributed by atoms with Gasteiger partial charge < -0.3 is 15.3 Å². The molecular weight excluding hydrogens is 248 g/mol. The molecule has 0 bridgehead atoms. The van der Waals surface area contributed by atoms with Gasteiger partial charge in [0.25, 0.3) is 0 Å². The first-order chi connectivity index (χ1) is 8.69. The summed E-state index contributed by atoms with van der Waals surface area (Å²) in [5, 5.41) is 13.5. The van der Waals surface area contributed by atoms with Gasteiger partial charge in [0.15, 0.2) is 0 Å². The van der Waals surface area contributed by atoms with E-state index in [9.17, 15) is 4.79 Å². The summed E-state index contributed by atoms with van der Waals surface area (Å²) in [5.41, 5.74) is 0.889. The molecule has 0 radical (unpaired) electrons. The van der Waals surface area contributed by atoms with Crippen molar-refractivity contribution in [2.45, 2.75) is 25.4 Å². The molecule has 4 nitrogen and oxygen atoms in total. The molecule has 0 aliphatic heterocycles. The molecular formula is C13H16N2O2S. The minimum atomic E-state index is -0.130. The van der Waals surface area contributed by atoms with Crippen molar-refractivity contribution >= 4 is 17.4 Å². The van der Waals surface area contributed by atoms with Crippen LogP contribution >= 0.6 is 11.3 Å². The topological polar surface area (TPSA) is 52.6 Å². The first-order valence-corrected chi connectivity index (χ1v) is 6.76. The minimum Gasteiger partial charge on any atom is -0.384 e. The summed E-state index contributed by atoms with van der Waals surface area (Å²) in [5.74, 6) is 5.46. The number of aliphatic hydroxyl groups is 1. The second-order valence-corrected chi connectivity index (χ2v) is 5.34. The van der Waals surface area contributed by atoms with Crippen molar-refractivity contribution in [1.29, 1.82) is 0 Å². The van der Waals surface area contributed by atoms with Gasteiger partial charge >= 0.3 is 6.03 Å². The second kappa shape index (κ2) is 5.89. The molecule has 1 saturated carbocycles. The summed E-state index contributed by atoms with van der Waals surface area (Å²) in [6.45, 7) is 0.457. The highest BCUT2D eigenvalue weighted by Crippen LogP contribution is 2.20. The molecule has 18 heavy (non-hydrogen) atoms. The number of carbonyl (C=O) groups excluding carboxylic acids is 1. The number of nitrogens with zero attached hydrogens (tertiary/aromatic N) is 1. The molecule has 5 heteroatoms. The number of urea groups is 1. The van der Waals surface area contributed by atoms with E-state index in [1.165, 1.54) is 0 Å². The lowest BCUT2D eigenvalue weighted by atomic mass is 10.3. The summed E-state index contributed by atoms with van der Waals surface area (Å²) >= 11 is 1.57. The largest absolute Gasteiger partial charge is 0.384 e. The lowest BCUT2D eigenvalue weighted by Crippen LogP contribution is -2.37. The molecule has 2 rings (SSSR count). The number of hydrogen-bond acceptors (Lipinski definition) is 3. The molecule has 1 aromatic rings. The van der Waals surface area contributed by atoms with Crippen LogP contribution in [0.2, 0.25) is 0 Å². The molecule has 0 spiro atoms. The van der Waals surface area contributed by atoms with Gasteiger partial charge in [-0.05, 0) is 18.9 Å². The Bertz CT molecular complexity index is 483. The molecule has 0 saturated heterocycles. The molecule has 1 aliphatic carbocycles. The van der Waals surface area contributed by atoms with Crippen molar-refractivity contribution in [2.75, 3.05) is 13.7 Å². The van der Waals surface area contributed by atoms with Crippen molar-refractivity contribution in [3.8, 4) is 11.8 Å². The second-order valence-electron chi connectivity index (χ2n) is 4.34. The molecule has 0 atom stereocenters. The minimum absolute atomic E-state index is 0.0195. The van der Waals surface area contributed by atoms with Crippen LogP contribution in [0.25, 0.3) is 0 Å². The van der Waals surface area contributed by atoms with Crippen LogP contribution in [0, 0.1) is 11.8 Å². The Morgan fingerprint density at radius 1 is 1.67 bits per heavy atom. The Morgan fingerprint density at radius 2 is 2.44 bits per heavy atom. The predicted molar refractivity (Wildman–Crippen MR) is 71.3 cm³/mol. The molecule has 1 fully saturated rings. The zero-order chi connectivity index (χ0) is 13.0. The van der Waals surface area contributed by atoms with Gasteiger partial charge in [-0.2, -0.15) is 0 Å². The third kappa shape index (κ3) is 3.76. The number of hydrogen-bond donors (Lipinski definition) is 2. The average Bonchev–Trinajstić information content (AvgIpc) is 3.05. The van der Waals surface area contributed by atoms with Crippen molar-refractivity contribution in [1.82, 2.24) is 10.2 Å². The van der Waals surface area contributed by atoms with E-state index in [0.717, 1.165) is 23.3 Å². The third-order valence-corrected chi connectivity index (χ3v) is 3.53. The van der Waals surface area contributed by atoms with Crippen molar-refractivity contribution in [3.05, 3.63) is 21.9 Å². The summed E-state index contributed by atoms with van der Waals surface area (Å²) in [7, 11) is 1.79. The van der Waals surface area contributed by atoms with Gasteiger partial charge in [0, 0.05) is 28.9 Å². The highest BCUT2D eigenvalue weighted by molar-refractivity contribution is 7.10. The number of thiophene rings is 1. The molecule has 2 N–H and O–H groups in total. The van der Waals surface area contributed by atoms with Gasteiger partial charge in [-0.1, -0.05) is 11.8 Å². The van der Waals surface area contributed by atoms with Crippen molar-refractivity contribution in [3.63, 3.8) is 0 Å². The fraction of sp³-hybridized carbons (Fsp3) is 0.462. The van der Waals surface area contributed by atoms with E-state index < -0.39 is 0 Å². The van der Waals surface area contributed by atoms with Gasteiger partial charge in [-0.3, -0.25) is 0 Å². The van der Waals surface area contributed by atoms with E-state index in [1.807, 2.05) is 11.4 Å². The van der Waals surface area contributed by atoms with Gasteiger partial charge in [0.2, 0.25) is 0 Å². The van der Waals surface area contributed by atoms with Gasteiger partial charge in [0.05, 0.1) is 6.54 Å². The normalized spacial score (nSPS) is 13.7. The molecule has 2 amide bonds. The Hall–Kier alpha value is -1.51. The maximum Gasteiger partial charge on any atom is 0.317 e. The number of aliphatic hydroxyl groups excluding tert-OH is 1. The molecule has 1 aromatic heterocycles. The van der Waals surface area contributed by atoms with E-state index in [0.29, 0.717) is 12.6 Å². The van der Waals surface area contributed by atoms with Crippen LogP contribution in [0.5, 0.6) is 0 Å². The monoisotopic (exact) mass is 264 g/mol. The van der Waals surface area contributed by atoms with Crippen LogP contribution in [0.1, 0.15) is 23.3 Å². The summed E-state index contributed by atoms with van der Waals surface area (Å²) in [4.78, 5) is 14.5. The van der Waals surface area contributed by atoms with Crippen LogP contribution in [0.3, 0.4) is 0 Å². The van der Waals surface area contributed by atoms with Crippen LogP contribution in [0.4, 0.5) is 4.79 Å². The van der Waals surface area contributed by atoms with E-state index in [2.05, 4.69) is 17.2 Å². The third-order valence-electron chi connectivity index (χ3n) is 2.61. The number of amides is 2. The molecule has 96 valence electrons. The van der Waals surface area contributed by atoms with E-state index in [4.69, 9.17) is 5.11 Å². The lowest BCUT2D eigenvalue weighted by Gasteiger charge is -2.16. The summed E-state index contributed by atoms with van der Waals surface area (Å²) in [6.07, 6.45) is 2.19. The van der Waals surface area contributed by atoms with Crippen molar-refractivity contribution < 1.29 is 9.90 Å². The van der Waals surface area contributed by atoms with Gasteiger partial charge in [-0.25, -0.2) is 4.79 Å². The average molecular weight is 264 g/mol. The number of nitrogens with one attached hydrogen (secondary N) is 1. The van der Waals surface area contributed by atoms with E-state index >= 15 is 0 Å². The maximum absolute atomic E-state index is 11.7. The standard InChI is InChI=1S/C13H16N2O2S/c1-15(13(17)14-11-4-5-11)8-12-7-10(9-18-12)3-2-6-16/h7,9,11,16H,4-6,8H2,1H3,(H,14,17). The zero-order valence-corrected chi connectivity index (χ0v) is 11.1. The van der Waals surface area contributed by atoms with E-state index in [1.54, 1.807) is 23.3 Å². The SMILES string of the molecule is CN(Cc1cc(C#CCO)cs1)C(=O)NC1CC1. The van der Waals surface area contributed by atoms with Crippen LogP contribution < -0.4 is 5.32 Å². The fourth-order valence-electron chi connectivity index (χ4n) is 1.49. The molecule has 1 aliphatic rings. The summed E-state index contributed by atoms with van der Waals surface area (Å²) < 4.78 is 0. The number of carbonyl (C=O) groups is 1. The Kier molecular flexibility index (Phi) is 4.24. The van der Waals surface area contributed by atoms with Crippen LogP contribution in [0.15, 0.2) is 11.4 Å². The Morgan fingerprint density at radius 3 is 3.11 bits per heavy atom. The van der Waals surface area contributed by atoms with Crippen LogP contribution in [-0.4, -0.2) is 35.7 Å². The maximum atomic E-state index is 11.7. The lowest BCUT2D eigenvalue weighted by molar-refractivity contribution is 0.207.